The average molecular weight is 503 g/mol. The minimum Gasteiger partial charge on any atom is -0.743 e. The zero-order chi connectivity index (χ0) is 25.3. The molecule has 19 heteroatoms. The van der Waals surface area contributed by atoms with Crippen LogP contribution in [0.15, 0.2) is 12.2 Å². The van der Waals surface area contributed by atoms with Crippen molar-refractivity contribution in [3.05, 3.63) is 12.2 Å². The molecule has 0 rings (SSSR count). The summed E-state index contributed by atoms with van der Waals surface area (Å²) in [7, 11) is -6.94. The highest BCUT2D eigenvalue weighted by molar-refractivity contribution is 7.86. The van der Waals surface area contributed by atoms with E-state index in [0.29, 0.717) is 0 Å². The molecule has 1 atom stereocenters. The van der Waals surface area contributed by atoms with Crippen molar-refractivity contribution in [2.75, 3.05) is 6.61 Å². The predicted octanol–water partition coefficient (Wildman–Crippen LogP) is 2.56. The highest BCUT2D eigenvalue weighted by Gasteiger charge is 2.68. The lowest BCUT2D eigenvalue weighted by atomic mass is 10.2. The van der Waals surface area contributed by atoms with Crippen LogP contribution in [0.3, 0.4) is 0 Å². The van der Waals surface area contributed by atoms with Gasteiger partial charge in [-0.05, 0) is 6.42 Å². The largest absolute Gasteiger partial charge is 0.743 e. The quantitative estimate of drug-likeness (QED) is 0.120. The van der Waals surface area contributed by atoms with Gasteiger partial charge in [-0.15, -0.1) is 0 Å². The second-order valence-electron chi connectivity index (χ2n) is 5.41. The van der Waals surface area contributed by atoms with Gasteiger partial charge in [0.1, 0.15) is 5.57 Å². The monoisotopic (exact) mass is 503 g/mol. The molecule has 0 fully saturated rings. The van der Waals surface area contributed by atoms with Crippen LogP contribution in [0.2, 0.25) is 0 Å². The lowest BCUT2D eigenvalue weighted by Gasteiger charge is -2.31. The number of hydrogen-bond donors (Lipinski definition) is 1. The van der Waals surface area contributed by atoms with E-state index in [1.54, 1.807) is 0 Å². The van der Waals surface area contributed by atoms with Gasteiger partial charge in [-0.3, -0.25) is 0 Å². The summed E-state index contributed by atoms with van der Waals surface area (Å²) in [5.74, 6) is -17.1. The highest BCUT2D eigenvalue weighted by atomic mass is 32.2. The normalized spacial score (nSPS) is 15.8. The van der Waals surface area contributed by atoms with E-state index < -0.39 is 76.4 Å². The number of ether oxygens (including phenoxy) is 2. The summed E-state index contributed by atoms with van der Waals surface area (Å²) < 4.78 is 166. The van der Waals surface area contributed by atoms with Crippen LogP contribution < -0.4 is 0 Å². The van der Waals surface area contributed by atoms with Gasteiger partial charge in [0, 0.05) is 6.42 Å². The number of aliphatic carboxylic acids is 1. The lowest BCUT2D eigenvalue weighted by molar-refractivity contribution is -0.354. The Hall–Kier alpha value is -2.15. The van der Waals surface area contributed by atoms with Crippen molar-refractivity contribution in [1.29, 1.82) is 0 Å². The number of carboxylic acids is 1. The molecule has 0 aliphatic rings. The minimum absolute atomic E-state index is 1.71. The van der Waals surface area contributed by atoms with Crippen molar-refractivity contribution < 1.29 is 81.0 Å². The van der Waals surface area contributed by atoms with E-state index in [2.05, 4.69) is 9.47 Å². The van der Waals surface area contributed by atoms with Gasteiger partial charge >= 0.3 is 41.3 Å². The Morgan fingerprint density at radius 3 is 1.74 bits per heavy atom. The van der Waals surface area contributed by atoms with Gasteiger partial charge in [-0.25, -0.2) is 18.0 Å². The third kappa shape index (κ3) is 6.19. The van der Waals surface area contributed by atoms with Crippen LogP contribution in [0, 0.1) is 0 Å². The van der Waals surface area contributed by atoms with Crippen molar-refractivity contribution in [2.45, 2.75) is 42.2 Å². The van der Waals surface area contributed by atoms with Gasteiger partial charge < -0.3 is 19.1 Å². The number of rotatable bonds is 10. The van der Waals surface area contributed by atoms with Crippen LogP contribution in [-0.2, 0) is 29.2 Å². The first-order chi connectivity index (χ1) is 13.4. The number of carbonyl (C=O) groups excluding carboxylic acids is 1. The third-order valence-corrected chi connectivity index (χ3v) is 4.09. The number of esters is 1. The SMILES string of the molecule is C=C(C(=O)OC(OCCCC(F)(F)C(F)(F)S(=O)(=O)[O-])(C(=O)O)C(F)(F)F)C(F)(F)F. The maximum absolute atomic E-state index is 13.2. The van der Waals surface area contributed by atoms with Crippen LogP contribution in [-0.4, -0.2) is 65.9 Å². The lowest BCUT2D eigenvalue weighted by Crippen LogP contribution is -2.58. The van der Waals surface area contributed by atoms with Crippen LogP contribution >= 0.6 is 0 Å². The first kappa shape index (κ1) is 28.9. The molecule has 0 saturated heterocycles. The second-order valence-corrected chi connectivity index (χ2v) is 6.83. The predicted molar refractivity (Wildman–Crippen MR) is 72.5 cm³/mol. The van der Waals surface area contributed by atoms with E-state index in [0.717, 1.165) is 0 Å². The minimum atomic E-state index is -6.94. The summed E-state index contributed by atoms with van der Waals surface area (Å²) in [5.41, 5.74) is -2.61. The molecule has 0 aromatic rings. The van der Waals surface area contributed by atoms with Gasteiger partial charge in [-0.1, -0.05) is 6.58 Å². The summed E-state index contributed by atoms with van der Waals surface area (Å²) >= 11 is 0. The molecule has 0 aromatic heterocycles. The van der Waals surface area contributed by atoms with Crippen molar-refractivity contribution in [1.82, 2.24) is 0 Å². The summed E-state index contributed by atoms with van der Waals surface area (Å²) in [6.45, 7) is 0.104. The molecule has 8 nitrogen and oxygen atoms in total. The topological polar surface area (TPSA) is 130 Å². The summed E-state index contributed by atoms with van der Waals surface area (Å²) in [6, 6.07) is 0. The molecule has 1 N–H and O–H groups in total. The number of carbonyl (C=O) groups is 2. The van der Waals surface area contributed by atoms with Gasteiger partial charge in [0.05, 0.1) is 6.61 Å². The molecule has 1 unspecified atom stereocenters. The van der Waals surface area contributed by atoms with Gasteiger partial charge in [0.15, 0.2) is 10.1 Å². The maximum atomic E-state index is 13.2. The van der Waals surface area contributed by atoms with Gasteiger partial charge in [-0.2, -0.15) is 43.9 Å². The highest BCUT2D eigenvalue weighted by Crippen LogP contribution is 2.42. The van der Waals surface area contributed by atoms with E-state index in [1.807, 2.05) is 6.58 Å². The van der Waals surface area contributed by atoms with Crippen LogP contribution in [0.25, 0.3) is 0 Å². The molecule has 0 aliphatic carbocycles. The molecule has 0 heterocycles. The molecule has 0 amide bonds. The second kappa shape index (κ2) is 8.77. The molecular weight excluding hydrogens is 494 g/mol. The van der Waals surface area contributed by atoms with Crippen LogP contribution in [0.1, 0.15) is 12.8 Å². The Morgan fingerprint density at radius 2 is 1.42 bits per heavy atom. The Balaban J connectivity index is 5.65. The molecule has 0 aromatic carbocycles. The van der Waals surface area contributed by atoms with E-state index in [-0.39, 0.29) is 0 Å². The Labute approximate surface area is 165 Å². The van der Waals surface area contributed by atoms with E-state index in [9.17, 15) is 66.5 Å². The molecule has 0 saturated carbocycles. The fourth-order valence-corrected chi connectivity index (χ4v) is 2.01. The number of alkyl halides is 10. The number of carboxylic acid groups (broad SMARTS) is 1. The molecule has 0 spiro atoms. The average Bonchev–Trinajstić information content (AvgIpc) is 2.53. The van der Waals surface area contributed by atoms with E-state index in [4.69, 9.17) is 5.11 Å². The van der Waals surface area contributed by atoms with Crippen molar-refractivity contribution in [3.63, 3.8) is 0 Å². The molecular formula is C12H9F10O8S-. The fourth-order valence-electron chi connectivity index (χ4n) is 1.54. The van der Waals surface area contributed by atoms with Crippen molar-refractivity contribution >= 4 is 22.1 Å². The summed E-state index contributed by atoms with van der Waals surface area (Å²) in [5, 5.41) is 2.45. The van der Waals surface area contributed by atoms with Crippen LogP contribution in [0.5, 0.6) is 0 Å². The first-order valence-electron chi connectivity index (χ1n) is 7.08. The summed E-state index contributed by atoms with van der Waals surface area (Å²) in [4.78, 5) is 22.1. The van der Waals surface area contributed by atoms with Crippen LogP contribution in [0.4, 0.5) is 43.9 Å². The number of halogens is 10. The molecule has 31 heavy (non-hydrogen) atoms. The van der Waals surface area contributed by atoms with Crippen molar-refractivity contribution in [2.24, 2.45) is 0 Å². The smallest absolute Gasteiger partial charge is 0.468 e. The fraction of sp³-hybridized carbons (Fsp3) is 0.667. The zero-order valence-electron chi connectivity index (χ0n) is 14.3. The van der Waals surface area contributed by atoms with E-state index >= 15 is 0 Å². The summed E-state index contributed by atoms with van der Waals surface area (Å²) in [6.07, 6.45) is -16.1. The molecule has 0 aliphatic heterocycles. The Morgan fingerprint density at radius 1 is 0.968 bits per heavy atom. The first-order valence-corrected chi connectivity index (χ1v) is 8.49. The molecule has 0 bridgehead atoms. The zero-order valence-corrected chi connectivity index (χ0v) is 15.1. The Kier molecular flexibility index (Phi) is 8.16. The van der Waals surface area contributed by atoms with Gasteiger partial charge in [0.25, 0.3) is 0 Å². The van der Waals surface area contributed by atoms with Gasteiger partial charge in [0.2, 0.25) is 0 Å². The Bertz CT molecular complexity index is 816. The number of hydrogen-bond acceptors (Lipinski definition) is 7. The maximum Gasteiger partial charge on any atom is 0.468 e. The third-order valence-electron chi connectivity index (χ3n) is 3.16. The molecule has 0 radical (unpaired) electrons. The molecule has 182 valence electrons. The van der Waals surface area contributed by atoms with E-state index in [1.165, 1.54) is 0 Å². The van der Waals surface area contributed by atoms with Crippen molar-refractivity contribution in [3.8, 4) is 0 Å². The standard InChI is InChI=1S/C12H10F10O8S/c1-5(10(15,16)17)6(23)30-9(7(24)25,11(18,19)20)29-4-2-3-8(13,14)12(21,22)31(26,27)28/h1-4H2,(H,24,25)(H,26,27,28)/p-1.